The normalized spacial score (nSPS) is 14.0. The molecular formula is C18H12F5N5O2S. The van der Waals surface area contributed by atoms with Crippen molar-refractivity contribution in [3.05, 3.63) is 65.9 Å². The van der Waals surface area contributed by atoms with Crippen LogP contribution in [0, 0.1) is 11.6 Å². The highest BCUT2D eigenvalue weighted by atomic mass is 32.2. The molecule has 0 aliphatic heterocycles. The van der Waals surface area contributed by atoms with Crippen molar-refractivity contribution in [2.75, 3.05) is 6.26 Å². The maximum Gasteiger partial charge on any atom is 0.471 e. The van der Waals surface area contributed by atoms with E-state index in [2.05, 4.69) is 24.0 Å². The molecule has 1 aromatic carbocycles. The molecule has 0 radical (unpaired) electrons. The smallest absolute Gasteiger partial charge is 0.329 e. The predicted octanol–water partition coefficient (Wildman–Crippen LogP) is 4.34. The van der Waals surface area contributed by atoms with Crippen LogP contribution in [0.15, 0.2) is 56.5 Å². The zero-order chi connectivity index (χ0) is 22.4. The fraction of sp³-hybridized carbons (Fsp3) is 0.167. The van der Waals surface area contributed by atoms with Crippen LogP contribution in [0.25, 0.3) is 17.0 Å². The largest absolute Gasteiger partial charge is 0.471 e. The van der Waals surface area contributed by atoms with E-state index in [1.807, 2.05) is 0 Å². The van der Waals surface area contributed by atoms with Gasteiger partial charge < -0.3 is 8.92 Å². The molecule has 0 bridgehead atoms. The van der Waals surface area contributed by atoms with Gasteiger partial charge in [-0.2, -0.15) is 18.2 Å². The molecular weight excluding hydrogens is 445 g/mol. The number of pyridine rings is 1. The van der Waals surface area contributed by atoms with E-state index in [9.17, 15) is 26.2 Å². The summed E-state index contributed by atoms with van der Waals surface area (Å²) in [6, 6.07) is 5.68. The Bertz CT molecular complexity index is 1400. The molecule has 0 aliphatic carbocycles. The van der Waals surface area contributed by atoms with E-state index in [1.54, 1.807) is 0 Å². The Morgan fingerprint density at radius 3 is 2.58 bits per heavy atom. The highest BCUT2D eigenvalue weighted by Crippen LogP contribution is 2.29. The lowest BCUT2D eigenvalue weighted by atomic mass is 10.3. The average Bonchev–Trinajstić information content (AvgIpc) is 3.32. The molecule has 162 valence electrons. The first-order chi connectivity index (χ1) is 14.5. The molecule has 1 unspecified atom stereocenters. The van der Waals surface area contributed by atoms with Crippen LogP contribution in [0.3, 0.4) is 0 Å². The number of nitrogens with zero attached hydrogens (tertiary/aromatic N) is 5. The van der Waals surface area contributed by atoms with Gasteiger partial charge in [-0.05, 0) is 24.3 Å². The number of hydrogen-bond donors (Lipinski definition) is 0. The minimum atomic E-state index is -4.75. The molecule has 1 atom stereocenters. The molecule has 0 amide bonds. The van der Waals surface area contributed by atoms with Crippen molar-refractivity contribution in [1.29, 1.82) is 0 Å². The first-order valence-electron chi connectivity index (χ1n) is 8.55. The summed E-state index contributed by atoms with van der Waals surface area (Å²) < 4.78 is 87.4. The van der Waals surface area contributed by atoms with Gasteiger partial charge in [0.05, 0.1) is 26.9 Å². The summed E-state index contributed by atoms with van der Waals surface area (Å²) in [4.78, 5) is 7.37. The number of alkyl halides is 3. The van der Waals surface area contributed by atoms with Gasteiger partial charge >= 0.3 is 12.1 Å². The predicted molar refractivity (Wildman–Crippen MR) is 98.3 cm³/mol. The van der Waals surface area contributed by atoms with Crippen LogP contribution in [0.1, 0.15) is 11.6 Å². The number of fused-ring (bicyclic) bond motifs is 1. The second-order valence-corrected chi connectivity index (χ2v) is 8.80. The molecule has 3 aromatic heterocycles. The second kappa shape index (κ2) is 7.41. The summed E-state index contributed by atoms with van der Waals surface area (Å²) in [6.45, 7) is -0.135. The van der Waals surface area contributed by atoms with Crippen LogP contribution in [0.2, 0.25) is 0 Å². The molecule has 4 aromatic rings. The highest BCUT2D eigenvalue weighted by molar-refractivity contribution is 7.93. The van der Waals surface area contributed by atoms with Crippen molar-refractivity contribution < 1.29 is 30.7 Å². The number of halogens is 5. The van der Waals surface area contributed by atoms with Crippen LogP contribution in [-0.4, -0.2) is 30.0 Å². The lowest BCUT2D eigenvalue weighted by Crippen LogP contribution is -2.04. The molecule has 0 saturated carbocycles. The van der Waals surface area contributed by atoms with Crippen molar-refractivity contribution in [3.63, 3.8) is 0 Å². The van der Waals surface area contributed by atoms with Crippen LogP contribution < -0.4 is 0 Å². The van der Waals surface area contributed by atoms with Gasteiger partial charge in [0, 0.05) is 30.3 Å². The maximum atomic E-state index is 13.9. The number of imidazole rings is 1. The summed E-state index contributed by atoms with van der Waals surface area (Å²) in [7, 11) is -3.16. The standard InChI is InChI=1S/C18H12F5N5O2S/c1-31(29,14-4-3-11(19)6-13(14)20)24-7-12-9-28-8-10(2-5-15(28)25-12)16-26-17(30-27-16)18(21,22)23/h2-6,8-9H,7H2,1H3. The van der Waals surface area contributed by atoms with Gasteiger partial charge in [-0.3, -0.25) is 0 Å². The molecule has 0 N–H and O–H groups in total. The van der Waals surface area contributed by atoms with E-state index in [0.29, 0.717) is 17.4 Å². The molecule has 0 spiro atoms. The van der Waals surface area contributed by atoms with Crippen molar-refractivity contribution in [2.24, 2.45) is 4.36 Å². The summed E-state index contributed by atoms with van der Waals surface area (Å²) in [5.41, 5.74) is 1.06. The Hall–Kier alpha value is -3.35. The fourth-order valence-corrected chi connectivity index (χ4v) is 4.01. The minimum Gasteiger partial charge on any atom is -0.329 e. The van der Waals surface area contributed by atoms with Crippen molar-refractivity contribution >= 4 is 15.4 Å². The summed E-state index contributed by atoms with van der Waals surface area (Å²) >= 11 is 0. The molecule has 0 aliphatic rings. The molecule has 0 saturated heterocycles. The lowest BCUT2D eigenvalue weighted by molar-refractivity contribution is -0.159. The molecule has 0 fully saturated rings. The van der Waals surface area contributed by atoms with Gasteiger partial charge in [-0.25, -0.2) is 22.3 Å². The van der Waals surface area contributed by atoms with E-state index in [1.165, 1.54) is 35.2 Å². The Labute approximate surface area is 171 Å². The van der Waals surface area contributed by atoms with Crippen LogP contribution in [-0.2, 0) is 22.5 Å². The number of aromatic nitrogens is 4. The van der Waals surface area contributed by atoms with E-state index in [0.717, 1.165) is 12.1 Å². The van der Waals surface area contributed by atoms with Crippen LogP contribution in [0.4, 0.5) is 22.0 Å². The fourth-order valence-electron chi connectivity index (χ4n) is 2.75. The second-order valence-electron chi connectivity index (χ2n) is 6.50. The zero-order valence-corrected chi connectivity index (χ0v) is 16.4. The quantitative estimate of drug-likeness (QED) is 0.426. The van der Waals surface area contributed by atoms with Crippen molar-refractivity contribution in [3.8, 4) is 11.4 Å². The Morgan fingerprint density at radius 2 is 1.90 bits per heavy atom. The van der Waals surface area contributed by atoms with E-state index >= 15 is 0 Å². The number of benzene rings is 1. The summed E-state index contributed by atoms with van der Waals surface area (Å²) in [5.74, 6) is -3.47. The Morgan fingerprint density at radius 1 is 1.13 bits per heavy atom. The average molecular weight is 457 g/mol. The lowest BCUT2D eigenvalue weighted by Gasteiger charge is -2.05. The van der Waals surface area contributed by atoms with E-state index in [4.69, 9.17) is 0 Å². The van der Waals surface area contributed by atoms with Gasteiger partial charge in [0.1, 0.15) is 17.3 Å². The van der Waals surface area contributed by atoms with Crippen molar-refractivity contribution in [1.82, 2.24) is 19.5 Å². The van der Waals surface area contributed by atoms with Gasteiger partial charge in [0.25, 0.3) is 0 Å². The molecule has 13 heteroatoms. The van der Waals surface area contributed by atoms with E-state index in [-0.39, 0.29) is 22.8 Å². The monoisotopic (exact) mass is 457 g/mol. The first kappa shape index (κ1) is 20.9. The maximum absolute atomic E-state index is 13.9. The first-order valence-corrected chi connectivity index (χ1v) is 10.5. The van der Waals surface area contributed by atoms with Gasteiger partial charge in [0.2, 0.25) is 5.82 Å². The third kappa shape index (κ3) is 4.26. The Kier molecular flexibility index (Phi) is 5.00. The highest BCUT2D eigenvalue weighted by Gasteiger charge is 2.38. The summed E-state index contributed by atoms with van der Waals surface area (Å²) in [5, 5.41) is 3.32. The molecule has 7 nitrogen and oxygen atoms in total. The summed E-state index contributed by atoms with van der Waals surface area (Å²) in [6.07, 6.45) is -0.564. The number of hydrogen-bond acceptors (Lipinski definition) is 6. The van der Waals surface area contributed by atoms with Gasteiger partial charge in [-0.1, -0.05) is 5.16 Å². The molecule has 4 rings (SSSR count). The topological polar surface area (TPSA) is 85.7 Å². The van der Waals surface area contributed by atoms with Gasteiger partial charge in [-0.15, -0.1) is 0 Å². The third-order valence-corrected chi connectivity index (χ3v) is 5.97. The molecule has 31 heavy (non-hydrogen) atoms. The molecule has 3 heterocycles. The number of rotatable bonds is 4. The third-order valence-electron chi connectivity index (χ3n) is 4.20. The Balaban J connectivity index is 1.62. The van der Waals surface area contributed by atoms with Crippen LogP contribution >= 0.6 is 0 Å². The minimum absolute atomic E-state index is 0.135. The SMILES string of the molecule is CS(=O)(=NCc1cn2cc(-c3noc(C(F)(F)F)n3)ccc2n1)c1ccc(F)cc1F. The zero-order valence-electron chi connectivity index (χ0n) is 15.6. The van der Waals surface area contributed by atoms with Crippen LogP contribution in [0.5, 0.6) is 0 Å². The van der Waals surface area contributed by atoms with E-state index < -0.39 is 33.4 Å². The van der Waals surface area contributed by atoms with Gasteiger partial charge in [0.15, 0.2) is 0 Å². The van der Waals surface area contributed by atoms with Crippen molar-refractivity contribution in [2.45, 2.75) is 17.6 Å².